The lowest BCUT2D eigenvalue weighted by molar-refractivity contribution is -0.136. The Kier molecular flexibility index (Phi) is 3.77. The van der Waals surface area contributed by atoms with Crippen LogP contribution < -0.4 is 0 Å². The van der Waals surface area contributed by atoms with Gasteiger partial charge in [-0.2, -0.15) is 0 Å². The largest absolute Gasteiger partial charge is 0.506 e. The Hall–Kier alpha value is -0.0500. The normalized spacial score (nSPS) is 10.0. The first-order chi connectivity index (χ1) is 6.00. The number of hydrogen-bond donors (Lipinski definition) is 2. The third-order valence-corrected chi connectivity index (χ3v) is 3.08. The highest BCUT2D eigenvalue weighted by molar-refractivity contribution is 14.1. The van der Waals surface area contributed by atoms with Crippen molar-refractivity contribution in [3.8, 4) is 5.75 Å². The van der Waals surface area contributed by atoms with Crippen molar-refractivity contribution in [1.29, 1.82) is 0 Å². The van der Waals surface area contributed by atoms with E-state index in [-0.39, 0.29) is 12.2 Å². The lowest BCUT2D eigenvalue weighted by Gasteiger charge is -2.03. The van der Waals surface area contributed by atoms with Gasteiger partial charge in [0.1, 0.15) is 5.75 Å². The minimum Gasteiger partial charge on any atom is -0.506 e. The van der Waals surface area contributed by atoms with E-state index < -0.39 is 5.97 Å². The highest BCUT2D eigenvalue weighted by Gasteiger charge is 2.07. The molecule has 0 bridgehead atoms. The van der Waals surface area contributed by atoms with Gasteiger partial charge in [-0.3, -0.25) is 4.79 Å². The molecule has 0 aromatic heterocycles. The molecule has 0 fully saturated rings. The van der Waals surface area contributed by atoms with Gasteiger partial charge >= 0.3 is 5.97 Å². The molecule has 1 aromatic rings. The summed E-state index contributed by atoms with van der Waals surface area (Å²) in [5, 5.41) is 18.0. The van der Waals surface area contributed by atoms with Crippen molar-refractivity contribution in [2.45, 2.75) is 6.42 Å². The van der Waals surface area contributed by atoms with Crippen molar-refractivity contribution < 1.29 is 15.0 Å². The van der Waals surface area contributed by atoms with Crippen molar-refractivity contribution in [2.75, 3.05) is 0 Å². The molecule has 0 saturated heterocycles. The van der Waals surface area contributed by atoms with Crippen LogP contribution in [-0.2, 0) is 11.2 Å². The number of phenolic OH excluding ortho intramolecular Hbond substituents is 1. The first kappa shape index (κ1) is 11.0. The molecule has 0 amide bonds. The van der Waals surface area contributed by atoms with Gasteiger partial charge in [0, 0.05) is 0 Å². The molecule has 70 valence electrons. The van der Waals surface area contributed by atoms with E-state index in [1.54, 1.807) is 12.1 Å². The summed E-state index contributed by atoms with van der Waals surface area (Å²) in [6.45, 7) is 0. The van der Waals surface area contributed by atoms with E-state index in [0.29, 0.717) is 12.7 Å². The van der Waals surface area contributed by atoms with E-state index in [9.17, 15) is 9.90 Å². The Balaban J connectivity index is 3.06. The zero-order valence-corrected chi connectivity index (χ0v) is 10.7. The smallest absolute Gasteiger partial charge is 0.307 e. The minimum absolute atomic E-state index is 0.00766. The molecule has 0 heterocycles. The van der Waals surface area contributed by atoms with Crippen LogP contribution in [0.4, 0.5) is 0 Å². The van der Waals surface area contributed by atoms with Crippen LogP contribution in [0.5, 0.6) is 5.75 Å². The second kappa shape index (κ2) is 4.45. The number of benzene rings is 1. The molecule has 0 unspecified atom stereocenters. The van der Waals surface area contributed by atoms with E-state index in [1.165, 1.54) is 0 Å². The van der Waals surface area contributed by atoms with Crippen molar-refractivity contribution in [3.63, 3.8) is 0 Å². The van der Waals surface area contributed by atoms with Crippen LogP contribution in [0.15, 0.2) is 12.1 Å². The van der Waals surface area contributed by atoms with Gasteiger partial charge in [0.25, 0.3) is 0 Å². The van der Waals surface area contributed by atoms with Gasteiger partial charge < -0.3 is 10.2 Å². The summed E-state index contributed by atoms with van der Waals surface area (Å²) in [5.74, 6) is -0.646. The maximum atomic E-state index is 10.4. The van der Waals surface area contributed by atoms with E-state index in [0.717, 1.165) is 0 Å². The number of rotatable bonds is 2. The van der Waals surface area contributed by atoms with Gasteiger partial charge in [-0.05, 0) is 62.9 Å². The molecule has 0 aliphatic rings. The first-order valence-electron chi connectivity index (χ1n) is 3.39. The number of halogens is 2. The van der Waals surface area contributed by atoms with Gasteiger partial charge in [-0.1, -0.05) is 0 Å². The van der Waals surface area contributed by atoms with Crippen molar-refractivity contribution in [2.24, 2.45) is 0 Å². The molecule has 0 aliphatic carbocycles. The van der Waals surface area contributed by atoms with E-state index in [2.05, 4.69) is 0 Å². The Labute approximate surface area is 102 Å². The van der Waals surface area contributed by atoms with Gasteiger partial charge in [0.2, 0.25) is 0 Å². The highest BCUT2D eigenvalue weighted by Crippen LogP contribution is 2.27. The Morgan fingerprint density at radius 2 is 1.77 bits per heavy atom. The summed E-state index contributed by atoms with van der Waals surface area (Å²) < 4.78 is 1.36. The van der Waals surface area contributed by atoms with Gasteiger partial charge in [0.15, 0.2) is 0 Å². The molecule has 0 atom stereocenters. The lowest BCUT2D eigenvalue weighted by atomic mass is 10.1. The number of aliphatic carboxylic acids is 1. The lowest BCUT2D eigenvalue weighted by Crippen LogP contribution is -2.00. The number of carboxylic acid groups (broad SMARTS) is 1. The first-order valence-corrected chi connectivity index (χ1v) is 5.55. The monoisotopic (exact) mass is 404 g/mol. The van der Waals surface area contributed by atoms with Gasteiger partial charge in [0.05, 0.1) is 13.6 Å². The number of phenols is 1. The Morgan fingerprint density at radius 1 is 1.31 bits per heavy atom. The average molecular weight is 404 g/mol. The predicted octanol–water partition coefficient (Wildman–Crippen LogP) is 2.23. The number of hydrogen-bond acceptors (Lipinski definition) is 2. The van der Waals surface area contributed by atoms with E-state index >= 15 is 0 Å². The Bertz CT molecular complexity index is 326. The van der Waals surface area contributed by atoms with Crippen LogP contribution in [0.1, 0.15) is 5.56 Å². The zero-order chi connectivity index (χ0) is 10.0. The summed E-state index contributed by atoms with van der Waals surface area (Å²) in [7, 11) is 0. The standard InChI is InChI=1S/C8H6I2O3/c9-5-1-4(3-7(11)12)2-6(10)8(5)13/h1-2,13H,3H2,(H,11,12). The fourth-order valence-electron chi connectivity index (χ4n) is 0.895. The molecule has 2 N–H and O–H groups in total. The molecule has 0 aliphatic heterocycles. The quantitative estimate of drug-likeness (QED) is 0.744. The second-order valence-electron chi connectivity index (χ2n) is 2.48. The molecule has 1 rings (SSSR count). The van der Waals surface area contributed by atoms with Crippen LogP contribution >= 0.6 is 45.2 Å². The third kappa shape index (κ3) is 2.97. The summed E-state index contributed by atoms with van der Waals surface area (Å²) in [5.41, 5.74) is 0.708. The summed E-state index contributed by atoms with van der Waals surface area (Å²) in [6.07, 6.45) is -0.00766. The van der Waals surface area contributed by atoms with Crippen LogP contribution in [-0.4, -0.2) is 16.2 Å². The molecule has 1 aromatic carbocycles. The fourth-order valence-corrected chi connectivity index (χ4v) is 2.79. The summed E-state index contributed by atoms with van der Waals surface area (Å²) in [6, 6.07) is 3.35. The SMILES string of the molecule is O=C(O)Cc1cc(I)c(O)c(I)c1. The molecule has 13 heavy (non-hydrogen) atoms. The Morgan fingerprint density at radius 3 is 2.15 bits per heavy atom. The van der Waals surface area contributed by atoms with Gasteiger partial charge in [-0.15, -0.1) is 0 Å². The molecular weight excluding hydrogens is 398 g/mol. The van der Waals surface area contributed by atoms with E-state index in [1.807, 2.05) is 45.2 Å². The summed E-state index contributed by atoms with van der Waals surface area (Å²) >= 11 is 3.95. The third-order valence-electron chi connectivity index (χ3n) is 1.43. The predicted molar refractivity (Wildman–Crippen MR) is 64.9 cm³/mol. The number of aromatic hydroxyl groups is 1. The van der Waals surface area contributed by atoms with Gasteiger partial charge in [-0.25, -0.2) is 0 Å². The zero-order valence-electron chi connectivity index (χ0n) is 6.42. The van der Waals surface area contributed by atoms with Crippen LogP contribution in [0.3, 0.4) is 0 Å². The van der Waals surface area contributed by atoms with Crippen molar-refractivity contribution in [3.05, 3.63) is 24.8 Å². The molecule has 0 radical (unpaired) electrons. The van der Waals surface area contributed by atoms with Crippen LogP contribution in [0.25, 0.3) is 0 Å². The maximum Gasteiger partial charge on any atom is 0.307 e. The molecule has 3 nitrogen and oxygen atoms in total. The number of carboxylic acids is 1. The molecular formula is C8H6I2O3. The van der Waals surface area contributed by atoms with Crippen LogP contribution in [0.2, 0.25) is 0 Å². The fraction of sp³-hybridized carbons (Fsp3) is 0.125. The van der Waals surface area contributed by atoms with E-state index in [4.69, 9.17) is 5.11 Å². The van der Waals surface area contributed by atoms with Crippen molar-refractivity contribution >= 4 is 51.2 Å². The summed E-state index contributed by atoms with van der Waals surface area (Å²) in [4.78, 5) is 10.4. The maximum absolute atomic E-state index is 10.4. The topological polar surface area (TPSA) is 57.5 Å². The van der Waals surface area contributed by atoms with Crippen molar-refractivity contribution in [1.82, 2.24) is 0 Å². The minimum atomic E-state index is -0.864. The molecule has 0 saturated carbocycles. The molecule has 0 spiro atoms. The highest BCUT2D eigenvalue weighted by atomic mass is 127. The number of carbonyl (C=O) groups is 1. The average Bonchev–Trinajstić information content (AvgIpc) is 1.98. The second-order valence-corrected chi connectivity index (χ2v) is 4.80. The van der Waals surface area contributed by atoms with Crippen LogP contribution in [0, 0.1) is 7.14 Å². The molecule has 5 heteroatoms.